The number of halogens is 7. The molecule has 11 heteroatoms. The Hall–Kier alpha value is -2.51. The van der Waals surface area contributed by atoms with Crippen molar-refractivity contribution in [2.75, 3.05) is 13.9 Å². The Morgan fingerprint density at radius 3 is 2.11 bits per heavy atom. The Balaban J connectivity index is 1.97. The molecular weight excluding hydrogens is 629 g/mol. The van der Waals surface area contributed by atoms with Crippen molar-refractivity contribution >= 4 is 22.6 Å². The van der Waals surface area contributed by atoms with Crippen LogP contribution in [-0.4, -0.2) is 26.3 Å². The summed E-state index contributed by atoms with van der Waals surface area (Å²) >= 11 is 2.09. The highest BCUT2D eigenvalue weighted by molar-refractivity contribution is 14.1. The third-order valence-corrected chi connectivity index (χ3v) is 6.44. The summed E-state index contributed by atoms with van der Waals surface area (Å²) in [5.74, 6) is 0.949. The molecular formula is C27H25F6IO4. The van der Waals surface area contributed by atoms with Gasteiger partial charge in [-0.2, -0.15) is 26.3 Å². The van der Waals surface area contributed by atoms with Crippen LogP contribution in [0.1, 0.15) is 30.0 Å². The number of methoxy groups -OCH3 is 1. The average molecular weight is 654 g/mol. The number of hydrogen-bond acceptors (Lipinski definition) is 4. The Bertz CT molecular complexity index is 1180. The molecule has 0 aromatic heterocycles. The molecule has 0 aliphatic heterocycles. The van der Waals surface area contributed by atoms with Crippen LogP contribution >= 0.6 is 22.6 Å². The van der Waals surface area contributed by atoms with Crippen molar-refractivity contribution in [3.05, 3.63) is 87.0 Å². The van der Waals surface area contributed by atoms with Gasteiger partial charge in [0.15, 0.2) is 0 Å². The van der Waals surface area contributed by atoms with Crippen LogP contribution in [-0.2, 0) is 28.1 Å². The van der Waals surface area contributed by atoms with Crippen LogP contribution in [0.3, 0.4) is 0 Å². The Labute approximate surface area is 230 Å². The van der Waals surface area contributed by atoms with Gasteiger partial charge in [0.1, 0.15) is 30.6 Å². The third-order valence-electron chi connectivity index (χ3n) is 5.55. The molecule has 0 aliphatic carbocycles. The summed E-state index contributed by atoms with van der Waals surface area (Å²) in [4.78, 5) is 0. The van der Waals surface area contributed by atoms with Gasteiger partial charge in [-0.3, -0.25) is 0 Å². The van der Waals surface area contributed by atoms with Crippen molar-refractivity contribution in [2.45, 2.75) is 44.3 Å². The summed E-state index contributed by atoms with van der Waals surface area (Å²) in [5.41, 5.74) is -4.57. The zero-order chi connectivity index (χ0) is 28.0. The standard InChI is InChI=1S/C27H25F6IO4/c1-3-7-19-14-20(25(26(28,29)30,27(31,32)33)37-17-35-2)10-13-23(19)38-21-11-12-22(34)24(15-21)36-16-18-8-5-4-6-9-18/h4-6,8-15H,3,7,16-17H2,1-2H3. The van der Waals surface area contributed by atoms with Crippen LogP contribution in [0.25, 0.3) is 0 Å². The van der Waals surface area contributed by atoms with Gasteiger partial charge in [0.2, 0.25) is 0 Å². The third kappa shape index (κ3) is 6.73. The number of hydrogen-bond donors (Lipinski definition) is 0. The molecule has 3 aromatic carbocycles. The highest BCUT2D eigenvalue weighted by Gasteiger charge is 2.73. The number of rotatable bonds is 11. The SMILES string of the molecule is CCCc1cc(C(OCOC)(C(F)(F)F)C(F)(F)F)ccc1Oc1ccc(I)c(OCc2ccccc2)c1. The van der Waals surface area contributed by atoms with E-state index in [-0.39, 0.29) is 17.7 Å². The number of alkyl halides is 6. The second kappa shape index (κ2) is 12.6. The molecule has 0 fully saturated rings. The molecule has 0 spiro atoms. The van der Waals surface area contributed by atoms with Crippen LogP contribution < -0.4 is 9.47 Å². The fourth-order valence-electron chi connectivity index (χ4n) is 3.77. The molecule has 0 saturated heterocycles. The lowest BCUT2D eigenvalue weighted by atomic mass is 9.89. The van der Waals surface area contributed by atoms with Gasteiger partial charge >= 0.3 is 12.4 Å². The minimum absolute atomic E-state index is 0.121. The van der Waals surface area contributed by atoms with Gasteiger partial charge in [0.25, 0.3) is 5.60 Å². The van der Waals surface area contributed by atoms with Crippen molar-refractivity contribution in [3.63, 3.8) is 0 Å². The first kappa shape index (κ1) is 30.0. The van der Waals surface area contributed by atoms with Crippen molar-refractivity contribution in [1.82, 2.24) is 0 Å². The molecule has 38 heavy (non-hydrogen) atoms. The van der Waals surface area contributed by atoms with E-state index < -0.39 is 30.3 Å². The minimum Gasteiger partial charge on any atom is -0.488 e. The average Bonchev–Trinajstić information content (AvgIpc) is 2.85. The lowest BCUT2D eigenvalue weighted by molar-refractivity contribution is -0.400. The van der Waals surface area contributed by atoms with Crippen LogP contribution in [0.15, 0.2) is 66.7 Å². The largest absolute Gasteiger partial charge is 0.488 e. The summed E-state index contributed by atoms with van der Waals surface area (Å²) in [5, 5.41) is 0. The molecule has 0 saturated carbocycles. The molecule has 0 radical (unpaired) electrons. The van der Waals surface area contributed by atoms with E-state index in [1.807, 2.05) is 30.3 Å². The van der Waals surface area contributed by atoms with E-state index in [0.717, 1.165) is 28.4 Å². The molecule has 4 nitrogen and oxygen atoms in total. The summed E-state index contributed by atoms with van der Waals surface area (Å²) in [6.45, 7) is 0.836. The summed E-state index contributed by atoms with van der Waals surface area (Å²) < 4.78 is 105. The van der Waals surface area contributed by atoms with Gasteiger partial charge in [0.05, 0.1) is 3.57 Å². The zero-order valence-electron chi connectivity index (χ0n) is 20.5. The minimum atomic E-state index is -5.81. The van der Waals surface area contributed by atoms with Gasteiger partial charge in [-0.15, -0.1) is 0 Å². The van der Waals surface area contributed by atoms with Gasteiger partial charge in [-0.05, 0) is 64.4 Å². The van der Waals surface area contributed by atoms with E-state index in [1.54, 1.807) is 25.1 Å². The number of benzene rings is 3. The predicted octanol–water partition coefficient (Wildman–Crippen LogP) is 8.56. The van der Waals surface area contributed by atoms with E-state index in [1.165, 1.54) is 0 Å². The molecule has 0 amide bonds. The van der Waals surface area contributed by atoms with E-state index in [9.17, 15) is 26.3 Å². The molecule has 0 aliphatic rings. The van der Waals surface area contributed by atoms with E-state index in [2.05, 4.69) is 32.1 Å². The van der Waals surface area contributed by atoms with E-state index >= 15 is 0 Å². The van der Waals surface area contributed by atoms with Crippen LogP contribution in [0.4, 0.5) is 26.3 Å². The summed E-state index contributed by atoms with van der Waals surface area (Å²) in [6.07, 6.45) is -11.0. The lowest BCUT2D eigenvalue weighted by Crippen LogP contribution is -2.56. The van der Waals surface area contributed by atoms with Crippen molar-refractivity contribution in [2.24, 2.45) is 0 Å². The normalized spacial score (nSPS) is 12.4. The first-order chi connectivity index (χ1) is 17.9. The second-order valence-electron chi connectivity index (χ2n) is 8.27. The van der Waals surface area contributed by atoms with Gasteiger partial charge in [0, 0.05) is 18.7 Å². The first-order valence-corrected chi connectivity index (χ1v) is 12.5. The Morgan fingerprint density at radius 2 is 1.50 bits per heavy atom. The summed E-state index contributed by atoms with van der Waals surface area (Å²) in [6, 6.07) is 17.1. The second-order valence-corrected chi connectivity index (χ2v) is 9.43. The topological polar surface area (TPSA) is 36.9 Å². The number of aryl methyl sites for hydroxylation is 1. The first-order valence-electron chi connectivity index (χ1n) is 11.5. The van der Waals surface area contributed by atoms with E-state index in [4.69, 9.17) is 9.47 Å². The number of ether oxygens (including phenoxy) is 4. The highest BCUT2D eigenvalue weighted by Crippen LogP contribution is 2.53. The Morgan fingerprint density at radius 1 is 0.816 bits per heavy atom. The lowest BCUT2D eigenvalue weighted by Gasteiger charge is -2.37. The van der Waals surface area contributed by atoms with Gasteiger partial charge < -0.3 is 18.9 Å². The highest BCUT2D eigenvalue weighted by atomic mass is 127. The maximum absolute atomic E-state index is 14.0. The fraction of sp³-hybridized carbons (Fsp3) is 0.333. The zero-order valence-corrected chi connectivity index (χ0v) is 22.6. The van der Waals surface area contributed by atoms with Crippen LogP contribution in [0.2, 0.25) is 0 Å². The Kier molecular flexibility index (Phi) is 9.93. The van der Waals surface area contributed by atoms with Crippen LogP contribution in [0, 0.1) is 3.57 Å². The maximum Gasteiger partial charge on any atom is 0.430 e. The monoisotopic (exact) mass is 654 g/mol. The van der Waals surface area contributed by atoms with E-state index in [0.29, 0.717) is 30.6 Å². The van der Waals surface area contributed by atoms with Gasteiger partial charge in [-0.25, -0.2) is 0 Å². The molecule has 0 atom stereocenters. The molecule has 0 heterocycles. The maximum atomic E-state index is 14.0. The molecule has 206 valence electrons. The molecule has 0 unspecified atom stereocenters. The quantitative estimate of drug-likeness (QED) is 0.118. The van der Waals surface area contributed by atoms with Crippen LogP contribution in [0.5, 0.6) is 17.2 Å². The molecule has 0 N–H and O–H groups in total. The predicted molar refractivity (Wildman–Crippen MR) is 137 cm³/mol. The smallest absolute Gasteiger partial charge is 0.430 e. The molecule has 3 aromatic rings. The van der Waals surface area contributed by atoms with Gasteiger partial charge in [-0.1, -0.05) is 49.7 Å². The fourth-order valence-corrected chi connectivity index (χ4v) is 4.26. The van der Waals surface area contributed by atoms with Crippen molar-refractivity contribution in [3.8, 4) is 17.2 Å². The molecule has 0 bridgehead atoms. The van der Waals surface area contributed by atoms with Crippen molar-refractivity contribution in [1.29, 1.82) is 0 Å². The van der Waals surface area contributed by atoms with Crippen molar-refractivity contribution < 1.29 is 45.3 Å². The summed E-state index contributed by atoms with van der Waals surface area (Å²) in [7, 11) is 0.940. The molecule has 3 rings (SSSR count).